The van der Waals surface area contributed by atoms with Gasteiger partial charge in [-0.1, -0.05) is 24.3 Å². The van der Waals surface area contributed by atoms with E-state index in [0.29, 0.717) is 22.3 Å². The number of esters is 1. The Hall–Kier alpha value is -3.83. The molecule has 3 rings (SSSR count). The van der Waals surface area contributed by atoms with E-state index in [9.17, 15) is 9.90 Å². The number of ether oxygens (including phenoxy) is 1. The summed E-state index contributed by atoms with van der Waals surface area (Å²) in [5.74, 6) is -0.866. The predicted octanol–water partition coefficient (Wildman–Crippen LogP) is 3.30. The van der Waals surface area contributed by atoms with Crippen molar-refractivity contribution in [2.24, 2.45) is 0 Å². The van der Waals surface area contributed by atoms with Crippen molar-refractivity contribution < 1.29 is 14.6 Å². The number of hydrogen-bond acceptors (Lipinski definition) is 5. The van der Waals surface area contributed by atoms with E-state index < -0.39 is 5.97 Å². The summed E-state index contributed by atoms with van der Waals surface area (Å²) < 4.78 is 5.13. The van der Waals surface area contributed by atoms with Gasteiger partial charge in [0.15, 0.2) is 11.5 Å². The van der Waals surface area contributed by atoms with Crippen molar-refractivity contribution in [3.63, 3.8) is 0 Å². The lowest BCUT2D eigenvalue weighted by atomic mass is 10.0. The maximum Gasteiger partial charge on any atom is 0.348 e. The van der Waals surface area contributed by atoms with Crippen molar-refractivity contribution in [1.82, 2.24) is 0 Å². The first-order valence-corrected chi connectivity index (χ1v) is 7.00. The molecular formula is C19H10N2O3. The number of carbonyl (C=O) groups is 1. The summed E-state index contributed by atoms with van der Waals surface area (Å²) in [5, 5.41) is 27.9. The minimum atomic E-state index is -0.655. The molecular weight excluding hydrogens is 304 g/mol. The number of rotatable bonds is 2. The first-order valence-electron chi connectivity index (χ1n) is 7.00. The predicted molar refractivity (Wildman–Crippen MR) is 85.9 cm³/mol. The number of benzene rings is 2. The lowest BCUT2D eigenvalue weighted by Crippen LogP contribution is -1.98. The molecule has 24 heavy (non-hydrogen) atoms. The third kappa shape index (κ3) is 2.75. The van der Waals surface area contributed by atoms with Crippen molar-refractivity contribution in [2.45, 2.75) is 0 Å². The second-order valence-electron chi connectivity index (χ2n) is 5.04. The average Bonchev–Trinajstić information content (AvgIpc) is 2.89. The molecule has 0 fully saturated rings. The maximum absolute atomic E-state index is 12.1. The van der Waals surface area contributed by atoms with Crippen LogP contribution in [-0.4, -0.2) is 11.1 Å². The Bertz CT molecular complexity index is 954. The van der Waals surface area contributed by atoms with Gasteiger partial charge >= 0.3 is 5.97 Å². The number of cyclic esters (lactones) is 1. The third-order valence-electron chi connectivity index (χ3n) is 3.52. The van der Waals surface area contributed by atoms with Crippen LogP contribution < -0.4 is 0 Å². The van der Waals surface area contributed by atoms with Crippen LogP contribution >= 0.6 is 0 Å². The fraction of sp³-hybridized carbons (Fsp3) is 0. The van der Waals surface area contributed by atoms with Crippen molar-refractivity contribution in [1.29, 1.82) is 10.5 Å². The van der Waals surface area contributed by atoms with Gasteiger partial charge in [-0.2, -0.15) is 10.5 Å². The zero-order valence-electron chi connectivity index (χ0n) is 12.4. The molecule has 0 unspecified atom stereocenters. The molecule has 0 atom stereocenters. The molecule has 0 saturated heterocycles. The molecule has 0 bridgehead atoms. The Morgan fingerprint density at radius 3 is 2.00 bits per heavy atom. The van der Waals surface area contributed by atoms with Crippen LogP contribution in [0.5, 0.6) is 0 Å². The second kappa shape index (κ2) is 6.12. The van der Waals surface area contributed by atoms with E-state index in [-0.39, 0.29) is 17.1 Å². The van der Waals surface area contributed by atoms with E-state index in [4.69, 9.17) is 15.3 Å². The normalized spacial score (nSPS) is 15.1. The highest BCUT2D eigenvalue weighted by atomic mass is 16.6. The number of aliphatic hydroxyl groups is 1. The zero-order chi connectivity index (χ0) is 17.1. The molecule has 0 radical (unpaired) electrons. The largest absolute Gasteiger partial charge is 0.504 e. The van der Waals surface area contributed by atoms with Crippen molar-refractivity contribution in [3.8, 4) is 12.1 Å². The van der Waals surface area contributed by atoms with Crippen LogP contribution in [-0.2, 0) is 9.53 Å². The van der Waals surface area contributed by atoms with Gasteiger partial charge in [0, 0.05) is 0 Å². The standard InChI is InChI=1S/C19H10N2O3/c20-10-13-3-1-12(2-4-13)9-16-18(22)17(19(23)24-16)15-7-5-14(11-21)6-8-15/h1-9,22H/b16-9-. The van der Waals surface area contributed by atoms with Crippen LogP contribution in [0.2, 0.25) is 0 Å². The zero-order valence-corrected chi connectivity index (χ0v) is 12.4. The summed E-state index contributed by atoms with van der Waals surface area (Å²) in [7, 11) is 0. The summed E-state index contributed by atoms with van der Waals surface area (Å²) in [4.78, 5) is 12.1. The van der Waals surface area contributed by atoms with Crippen molar-refractivity contribution in [3.05, 3.63) is 82.3 Å². The van der Waals surface area contributed by atoms with Crippen molar-refractivity contribution in [2.75, 3.05) is 0 Å². The summed E-state index contributed by atoms with van der Waals surface area (Å²) >= 11 is 0. The second-order valence-corrected chi connectivity index (χ2v) is 5.04. The van der Waals surface area contributed by atoms with E-state index >= 15 is 0 Å². The number of aliphatic hydroxyl groups excluding tert-OH is 1. The summed E-state index contributed by atoms with van der Waals surface area (Å²) in [6, 6.07) is 16.9. The van der Waals surface area contributed by atoms with Crippen LogP contribution in [0.15, 0.2) is 60.0 Å². The average molecular weight is 314 g/mol. The Morgan fingerprint density at radius 1 is 0.917 bits per heavy atom. The molecule has 0 saturated carbocycles. The molecule has 2 aromatic rings. The number of carbonyl (C=O) groups excluding carboxylic acids is 1. The van der Waals surface area contributed by atoms with E-state index in [1.54, 1.807) is 48.5 Å². The molecule has 2 aromatic carbocycles. The van der Waals surface area contributed by atoms with Gasteiger partial charge in [-0.3, -0.25) is 0 Å². The molecule has 1 aliphatic heterocycles. The first-order chi connectivity index (χ1) is 11.6. The molecule has 0 amide bonds. The van der Waals surface area contributed by atoms with Crippen molar-refractivity contribution >= 4 is 17.6 Å². The van der Waals surface area contributed by atoms with E-state index in [2.05, 4.69) is 0 Å². The van der Waals surface area contributed by atoms with Crippen LogP contribution in [0.4, 0.5) is 0 Å². The molecule has 1 heterocycles. The summed E-state index contributed by atoms with van der Waals surface area (Å²) in [6.07, 6.45) is 1.52. The lowest BCUT2D eigenvalue weighted by Gasteiger charge is -1.99. The van der Waals surface area contributed by atoms with Crippen LogP contribution in [0.1, 0.15) is 22.3 Å². The fourth-order valence-electron chi connectivity index (χ4n) is 2.29. The van der Waals surface area contributed by atoms with Gasteiger partial charge in [0.1, 0.15) is 5.57 Å². The van der Waals surface area contributed by atoms with Crippen LogP contribution in [0.25, 0.3) is 11.6 Å². The molecule has 0 aromatic heterocycles. The number of hydrogen-bond donors (Lipinski definition) is 1. The summed E-state index contributed by atoms with van der Waals surface area (Å²) in [5.41, 5.74) is 2.18. The maximum atomic E-state index is 12.1. The minimum absolute atomic E-state index is 0.0454. The molecule has 1 aliphatic rings. The minimum Gasteiger partial charge on any atom is -0.504 e. The Balaban J connectivity index is 1.98. The topological polar surface area (TPSA) is 94.1 Å². The van der Waals surface area contributed by atoms with Gasteiger partial charge in [-0.05, 0) is 41.5 Å². The van der Waals surface area contributed by atoms with Gasteiger partial charge in [0.05, 0.1) is 23.3 Å². The quantitative estimate of drug-likeness (QED) is 0.858. The third-order valence-corrected chi connectivity index (χ3v) is 3.52. The molecule has 5 nitrogen and oxygen atoms in total. The van der Waals surface area contributed by atoms with E-state index in [0.717, 1.165) is 0 Å². The number of nitrogens with zero attached hydrogens (tertiary/aromatic N) is 2. The van der Waals surface area contributed by atoms with Gasteiger partial charge in [-0.25, -0.2) is 4.79 Å². The smallest absolute Gasteiger partial charge is 0.348 e. The highest BCUT2D eigenvalue weighted by molar-refractivity contribution is 6.20. The monoisotopic (exact) mass is 314 g/mol. The number of nitriles is 2. The lowest BCUT2D eigenvalue weighted by molar-refractivity contribution is -0.131. The van der Waals surface area contributed by atoms with Gasteiger partial charge < -0.3 is 9.84 Å². The highest BCUT2D eigenvalue weighted by Gasteiger charge is 2.31. The first kappa shape index (κ1) is 15.1. The van der Waals surface area contributed by atoms with Gasteiger partial charge in [0.25, 0.3) is 0 Å². The highest BCUT2D eigenvalue weighted by Crippen LogP contribution is 2.32. The van der Waals surface area contributed by atoms with Gasteiger partial charge in [-0.15, -0.1) is 0 Å². The SMILES string of the molecule is N#Cc1ccc(/C=C2\OC(=O)C(c3ccc(C#N)cc3)=C2O)cc1. The van der Waals surface area contributed by atoms with Crippen LogP contribution in [0.3, 0.4) is 0 Å². The Kier molecular flexibility index (Phi) is 3.84. The fourth-order valence-corrected chi connectivity index (χ4v) is 2.29. The Labute approximate surface area is 138 Å². The molecule has 1 N–H and O–H groups in total. The summed E-state index contributed by atoms with van der Waals surface area (Å²) in [6.45, 7) is 0. The molecule has 5 heteroatoms. The Morgan fingerprint density at radius 2 is 1.46 bits per heavy atom. The van der Waals surface area contributed by atoms with E-state index in [1.165, 1.54) is 6.08 Å². The molecule has 0 aliphatic carbocycles. The molecule has 114 valence electrons. The van der Waals surface area contributed by atoms with Crippen LogP contribution in [0, 0.1) is 22.7 Å². The molecule has 0 spiro atoms. The van der Waals surface area contributed by atoms with E-state index in [1.807, 2.05) is 12.1 Å². The van der Waals surface area contributed by atoms with Gasteiger partial charge in [0.2, 0.25) is 0 Å².